The number of halogens is 1. The molecule has 0 aliphatic heterocycles. The van der Waals surface area contributed by atoms with Gasteiger partial charge in [-0.3, -0.25) is 0 Å². The Balaban J connectivity index is 2.11. The third-order valence-electron chi connectivity index (χ3n) is 2.79. The molecule has 0 bridgehead atoms. The first-order valence-corrected chi connectivity index (χ1v) is 6.02. The van der Waals surface area contributed by atoms with Crippen molar-refractivity contribution in [2.45, 2.75) is 13.3 Å². The normalized spacial score (nSPS) is 10.2. The van der Waals surface area contributed by atoms with Crippen LogP contribution in [0.15, 0.2) is 55.1 Å². The van der Waals surface area contributed by atoms with E-state index >= 15 is 0 Å². The average molecular weight is 243 g/mol. The van der Waals surface area contributed by atoms with E-state index in [9.17, 15) is 0 Å². The number of hydrogen-bond acceptors (Lipinski definition) is 0. The van der Waals surface area contributed by atoms with Crippen LogP contribution in [0.2, 0.25) is 5.02 Å². The third kappa shape index (κ3) is 3.21. The zero-order chi connectivity index (χ0) is 12.3. The summed E-state index contributed by atoms with van der Waals surface area (Å²) in [5.41, 5.74) is 4.84. The Morgan fingerprint density at radius 3 is 2.18 bits per heavy atom. The fraction of sp³-hybridized carbons (Fsp3) is 0.125. The maximum absolute atomic E-state index is 5.86. The Morgan fingerprint density at radius 2 is 1.59 bits per heavy atom. The molecular weight excluding hydrogens is 228 g/mol. The first-order valence-electron chi connectivity index (χ1n) is 5.64. The molecule has 0 unspecified atom stereocenters. The topological polar surface area (TPSA) is 0 Å². The first kappa shape index (κ1) is 11.9. The Labute approximate surface area is 108 Å². The zero-order valence-corrected chi connectivity index (χ0v) is 10.7. The zero-order valence-electron chi connectivity index (χ0n) is 9.91. The van der Waals surface area contributed by atoms with E-state index in [1.807, 2.05) is 24.3 Å². The maximum atomic E-state index is 5.86. The summed E-state index contributed by atoms with van der Waals surface area (Å²) in [4.78, 5) is 0. The molecule has 2 aromatic carbocycles. The Kier molecular flexibility index (Phi) is 3.65. The van der Waals surface area contributed by atoms with Crippen molar-refractivity contribution in [1.29, 1.82) is 0 Å². The van der Waals surface area contributed by atoms with Gasteiger partial charge in [0.2, 0.25) is 0 Å². The molecule has 0 N–H and O–H groups in total. The number of benzene rings is 2. The van der Waals surface area contributed by atoms with E-state index in [1.165, 1.54) is 11.1 Å². The second-order valence-corrected chi connectivity index (χ2v) is 4.71. The largest absolute Gasteiger partial charge is 0.0949 e. The molecule has 0 saturated heterocycles. The highest BCUT2D eigenvalue weighted by Crippen LogP contribution is 2.20. The van der Waals surface area contributed by atoms with Crippen LogP contribution >= 0.6 is 11.6 Å². The van der Waals surface area contributed by atoms with Gasteiger partial charge in [0, 0.05) is 5.02 Å². The van der Waals surface area contributed by atoms with Crippen molar-refractivity contribution in [3.63, 3.8) is 0 Å². The Morgan fingerprint density at radius 1 is 1.00 bits per heavy atom. The summed E-state index contributed by atoms with van der Waals surface area (Å²) in [6.07, 6.45) is 0.877. The second kappa shape index (κ2) is 5.20. The molecule has 0 radical (unpaired) electrons. The number of rotatable bonds is 3. The highest BCUT2D eigenvalue weighted by molar-refractivity contribution is 6.30. The molecule has 0 atom stereocenters. The van der Waals surface area contributed by atoms with Gasteiger partial charge < -0.3 is 0 Å². The van der Waals surface area contributed by atoms with Crippen LogP contribution in [0, 0.1) is 6.92 Å². The minimum absolute atomic E-state index is 0.761. The molecule has 0 spiro atoms. The standard InChI is InChI=1S/C16H15Cl/c1-12-3-5-14(6-4-12)11-13(2)15-7-9-16(17)10-8-15/h3-10H,2,11H2,1H3. The van der Waals surface area contributed by atoms with E-state index in [0.717, 1.165) is 22.6 Å². The van der Waals surface area contributed by atoms with Gasteiger partial charge in [0.25, 0.3) is 0 Å². The predicted molar refractivity (Wildman–Crippen MR) is 75.4 cm³/mol. The van der Waals surface area contributed by atoms with Crippen LogP contribution in [0.1, 0.15) is 16.7 Å². The van der Waals surface area contributed by atoms with Gasteiger partial charge in [-0.1, -0.05) is 60.1 Å². The average Bonchev–Trinajstić information content (AvgIpc) is 2.33. The van der Waals surface area contributed by atoms with Crippen LogP contribution in [0.5, 0.6) is 0 Å². The molecule has 0 aliphatic carbocycles. The summed E-state index contributed by atoms with van der Waals surface area (Å²) >= 11 is 5.86. The molecule has 17 heavy (non-hydrogen) atoms. The molecule has 1 heteroatoms. The molecule has 0 aliphatic rings. The minimum atomic E-state index is 0.761. The summed E-state index contributed by atoms with van der Waals surface area (Å²) in [6, 6.07) is 16.4. The first-order chi connectivity index (χ1) is 8.15. The smallest absolute Gasteiger partial charge is 0.0406 e. The highest BCUT2D eigenvalue weighted by Gasteiger charge is 2.00. The van der Waals surface area contributed by atoms with Gasteiger partial charge in [0.15, 0.2) is 0 Å². The lowest BCUT2D eigenvalue weighted by Crippen LogP contribution is -1.89. The van der Waals surface area contributed by atoms with E-state index in [1.54, 1.807) is 0 Å². The van der Waals surface area contributed by atoms with Crippen molar-refractivity contribution < 1.29 is 0 Å². The molecule has 0 amide bonds. The lowest BCUT2D eigenvalue weighted by Gasteiger charge is -2.06. The lowest BCUT2D eigenvalue weighted by atomic mass is 9.99. The number of aryl methyl sites for hydroxylation is 1. The van der Waals surface area contributed by atoms with Crippen LogP contribution in [0.4, 0.5) is 0 Å². The molecular formula is C16H15Cl. The van der Waals surface area contributed by atoms with Crippen molar-refractivity contribution in [1.82, 2.24) is 0 Å². The Bertz CT molecular complexity index is 506. The van der Waals surface area contributed by atoms with Crippen LogP contribution in [0.3, 0.4) is 0 Å². The highest BCUT2D eigenvalue weighted by atomic mass is 35.5. The molecule has 2 aromatic rings. The number of hydrogen-bond donors (Lipinski definition) is 0. The van der Waals surface area contributed by atoms with Gasteiger partial charge in [0.05, 0.1) is 0 Å². The van der Waals surface area contributed by atoms with Crippen molar-refractivity contribution in [2.24, 2.45) is 0 Å². The van der Waals surface area contributed by atoms with Gasteiger partial charge in [-0.15, -0.1) is 0 Å². The van der Waals surface area contributed by atoms with Crippen molar-refractivity contribution in [3.8, 4) is 0 Å². The molecule has 0 heterocycles. The SMILES string of the molecule is C=C(Cc1ccc(C)cc1)c1ccc(Cl)cc1. The van der Waals surface area contributed by atoms with E-state index in [2.05, 4.69) is 37.8 Å². The molecule has 0 saturated carbocycles. The van der Waals surface area contributed by atoms with Crippen LogP contribution in [-0.4, -0.2) is 0 Å². The van der Waals surface area contributed by atoms with Crippen molar-refractivity contribution >= 4 is 17.2 Å². The molecule has 0 nitrogen and oxygen atoms in total. The fourth-order valence-electron chi connectivity index (χ4n) is 1.74. The maximum Gasteiger partial charge on any atom is 0.0406 e. The van der Waals surface area contributed by atoms with E-state index in [0.29, 0.717) is 0 Å². The van der Waals surface area contributed by atoms with E-state index in [4.69, 9.17) is 11.6 Å². The van der Waals surface area contributed by atoms with E-state index < -0.39 is 0 Å². The molecule has 0 fully saturated rings. The third-order valence-corrected chi connectivity index (χ3v) is 3.04. The summed E-state index contributed by atoms with van der Waals surface area (Å²) < 4.78 is 0. The molecule has 0 aromatic heterocycles. The fourth-order valence-corrected chi connectivity index (χ4v) is 1.87. The summed E-state index contributed by atoms with van der Waals surface area (Å²) in [6.45, 7) is 6.22. The van der Waals surface area contributed by atoms with Crippen molar-refractivity contribution in [3.05, 3.63) is 76.8 Å². The lowest BCUT2D eigenvalue weighted by molar-refractivity contribution is 1.27. The van der Waals surface area contributed by atoms with Crippen molar-refractivity contribution in [2.75, 3.05) is 0 Å². The minimum Gasteiger partial charge on any atom is -0.0949 e. The van der Waals surface area contributed by atoms with Crippen LogP contribution < -0.4 is 0 Å². The van der Waals surface area contributed by atoms with Gasteiger partial charge in [-0.25, -0.2) is 0 Å². The second-order valence-electron chi connectivity index (χ2n) is 4.27. The summed E-state index contributed by atoms with van der Waals surface area (Å²) in [5.74, 6) is 0. The van der Waals surface area contributed by atoms with Gasteiger partial charge in [0.1, 0.15) is 0 Å². The summed E-state index contributed by atoms with van der Waals surface area (Å²) in [7, 11) is 0. The number of allylic oxidation sites excluding steroid dienone is 1. The summed E-state index contributed by atoms with van der Waals surface area (Å²) in [5, 5.41) is 0.761. The monoisotopic (exact) mass is 242 g/mol. The van der Waals surface area contributed by atoms with Crippen LogP contribution in [-0.2, 0) is 6.42 Å². The van der Waals surface area contributed by atoms with E-state index in [-0.39, 0.29) is 0 Å². The molecule has 2 rings (SSSR count). The van der Waals surface area contributed by atoms with Crippen LogP contribution in [0.25, 0.3) is 5.57 Å². The van der Waals surface area contributed by atoms with Gasteiger partial charge in [-0.2, -0.15) is 0 Å². The Hall–Kier alpha value is -1.53. The van der Waals surface area contributed by atoms with Gasteiger partial charge in [-0.05, 0) is 42.2 Å². The quantitative estimate of drug-likeness (QED) is 0.718. The predicted octanol–water partition coefficient (Wildman–Crippen LogP) is 4.90. The van der Waals surface area contributed by atoms with Gasteiger partial charge >= 0.3 is 0 Å². The molecule has 86 valence electrons.